The lowest BCUT2D eigenvalue weighted by molar-refractivity contribution is 0.324. The number of hydrogen-bond acceptors (Lipinski definition) is 5. The van der Waals surface area contributed by atoms with Crippen LogP contribution >= 0.6 is 0 Å². The minimum absolute atomic E-state index is 0.548. The van der Waals surface area contributed by atoms with Gasteiger partial charge in [0.15, 0.2) is 17.5 Å². The Morgan fingerprint density at radius 2 is 1.72 bits per heavy atom. The molecular formula is C22H27N3O4. The third-order valence-electron chi connectivity index (χ3n) is 4.38. The first-order chi connectivity index (χ1) is 14.2. The Morgan fingerprint density at radius 3 is 2.34 bits per heavy atom. The van der Waals surface area contributed by atoms with Crippen LogP contribution in [0, 0.1) is 0 Å². The molecule has 0 radical (unpaired) electrons. The standard InChI is InChI=1S/C22H27N3O4/c1-5-23-22(24-11-10-17-12-15-8-6-7-9-18(15)29-17)25-16-13-19(26-2)21(28-4)20(14-16)27-3/h6-9,12-14H,5,10-11H2,1-4H3,(H2,23,24,25). The summed E-state index contributed by atoms with van der Waals surface area (Å²) >= 11 is 0. The number of benzene rings is 2. The van der Waals surface area contributed by atoms with E-state index in [1.54, 1.807) is 21.3 Å². The van der Waals surface area contributed by atoms with Gasteiger partial charge in [-0.25, -0.2) is 0 Å². The van der Waals surface area contributed by atoms with Crippen molar-refractivity contribution < 1.29 is 18.6 Å². The molecule has 0 aliphatic heterocycles. The fourth-order valence-electron chi connectivity index (χ4n) is 3.04. The van der Waals surface area contributed by atoms with Crippen LogP contribution in [-0.4, -0.2) is 40.4 Å². The monoisotopic (exact) mass is 397 g/mol. The number of fused-ring (bicyclic) bond motifs is 1. The summed E-state index contributed by atoms with van der Waals surface area (Å²) in [6.45, 7) is 3.34. The molecule has 1 aromatic heterocycles. The highest BCUT2D eigenvalue weighted by atomic mass is 16.5. The van der Waals surface area contributed by atoms with Gasteiger partial charge >= 0.3 is 0 Å². The van der Waals surface area contributed by atoms with Crippen LogP contribution < -0.4 is 24.8 Å². The maximum atomic E-state index is 5.86. The molecule has 0 aliphatic rings. The lowest BCUT2D eigenvalue weighted by atomic mass is 10.2. The van der Waals surface area contributed by atoms with Gasteiger partial charge in [0.05, 0.1) is 21.3 Å². The first-order valence-corrected chi connectivity index (χ1v) is 9.51. The molecule has 3 aromatic rings. The topological polar surface area (TPSA) is 77.3 Å². The Hall–Kier alpha value is -3.35. The van der Waals surface area contributed by atoms with Crippen LogP contribution in [-0.2, 0) is 6.42 Å². The second-order valence-corrected chi connectivity index (χ2v) is 6.30. The van der Waals surface area contributed by atoms with E-state index in [-0.39, 0.29) is 0 Å². The maximum Gasteiger partial charge on any atom is 0.203 e. The number of guanidine groups is 1. The third-order valence-corrected chi connectivity index (χ3v) is 4.38. The number of hydrogen-bond donors (Lipinski definition) is 2. The van der Waals surface area contributed by atoms with Crippen LogP contribution in [0.3, 0.4) is 0 Å². The summed E-state index contributed by atoms with van der Waals surface area (Å²) < 4.78 is 22.0. The highest BCUT2D eigenvalue weighted by Gasteiger charge is 2.14. The van der Waals surface area contributed by atoms with Gasteiger partial charge in [-0.3, -0.25) is 4.99 Å². The zero-order valence-corrected chi connectivity index (χ0v) is 17.2. The van der Waals surface area contributed by atoms with Crippen LogP contribution in [0.2, 0.25) is 0 Å². The summed E-state index contributed by atoms with van der Waals surface area (Å²) in [5, 5.41) is 7.63. The molecule has 0 atom stereocenters. The molecule has 1 heterocycles. The smallest absolute Gasteiger partial charge is 0.203 e. The lowest BCUT2D eigenvalue weighted by Crippen LogP contribution is -2.31. The maximum absolute atomic E-state index is 5.86. The fraction of sp³-hybridized carbons (Fsp3) is 0.318. The number of furan rings is 1. The average Bonchev–Trinajstić information content (AvgIpc) is 3.15. The molecule has 0 spiro atoms. The SMILES string of the molecule is CCNC(=NCCc1cc2ccccc2o1)Nc1cc(OC)c(OC)c(OC)c1. The molecule has 29 heavy (non-hydrogen) atoms. The molecule has 0 bridgehead atoms. The van der Waals surface area contributed by atoms with E-state index in [1.165, 1.54) is 0 Å². The van der Waals surface area contributed by atoms with Crippen molar-refractivity contribution in [1.82, 2.24) is 5.32 Å². The summed E-state index contributed by atoms with van der Waals surface area (Å²) in [4.78, 5) is 4.65. The van der Waals surface area contributed by atoms with Gasteiger partial charge in [0.1, 0.15) is 11.3 Å². The second kappa shape index (κ2) is 9.73. The number of ether oxygens (including phenoxy) is 3. The Balaban J connectivity index is 1.73. The van der Waals surface area contributed by atoms with E-state index in [9.17, 15) is 0 Å². The highest BCUT2D eigenvalue weighted by molar-refractivity contribution is 5.94. The lowest BCUT2D eigenvalue weighted by Gasteiger charge is -2.16. The molecule has 0 aliphatic carbocycles. The minimum atomic E-state index is 0.548. The summed E-state index contributed by atoms with van der Waals surface area (Å²) in [5.41, 5.74) is 1.68. The number of anilines is 1. The highest BCUT2D eigenvalue weighted by Crippen LogP contribution is 2.39. The van der Waals surface area contributed by atoms with Crippen molar-refractivity contribution in [3.63, 3.8) is 0 Å². The Morgan fingerprint density at radius 1 is 1.00 bits per heavy atom. The normalized spacial score (nSPS) is 11.4. The van der Waals surface area contributed by atoms with E-state index in [0.29, 0.717) is 36.2 Å². The molecule has 0 unspecified atom stereocenters. The van der Waals surface area contributed by atoms with Crippen LogP contribution in [0.25, 0.3) is 11.0 Å². The first-order valence-electron chi connectivity index (χ1n) is 9.51. The number of rotatable bonds is 8. The van der Waals surface area contributed by atoms with Gasteiger partial charge in [-0.2, -0.15) is 0 Å². The number of nitrogens with one attached hydrogen (secondary N) is 2. The van der Waals surface area contributed by atoms with Crippen molar-refractivity contribution in [3.8, 4) is 17.2 Å². The fourth-order valence-corrected chi connectivity index (χ4v) is 3.04. The van der Waals surface area contributed by atoms with Gasteiger partial charge in [0, 0.05) is 42.7 Å². The Bertz CT molecular complexity index is 923. The zero-order chi connectivity index (χ0) is 20.6. The van der Waals surface area contributed by atoms with E-state index in [4.69, 9.17) is 18.6 Å². The third kappa shape index (κ3) is 4.93. The minimum Gasteiger partial charge on any atom is -0.493 e. The van der Waals surface area contributed by atoms with Crippen molar-refractivity contribution >= 4 is 22.6 Å². The molecule has 2 aromatic carbocycles. The predicted molar refractivity (Wildman–Crippen MR) is 116 cm³/mol. The second-order valence-electron chi connectivity index (χ2n) is 6.30. The molecule has 3 rings (SSSR count). The van der Waals surface area contributed by atoms with Crippen molar-refractivity contribution in [1.29, 1.82) is 0 Å². The van der Waals surface area contributed by atoms with Crippen LogP contribution in [0.5, 0.6) is 17.2 Å². The van der Waals surface area contributed by atoms with Crippen LogP contribution in [0.1, 0.15) is 12.7 Å². The molecule has 2 N–H and O–H groups in total. The number of nitrogens with zero attached hydrogens (tertiary/aromatic N) is 1. The van der Waals surface area contributed by atoms with E-state index >= 15 is 0 Å². The van der Waals surface area contributed by atoms with Crippen molar-refractivity contribution in [2.75, 3.05) is 39.7 Å². The molecular weight excluding hydrogens is 370 g/mol. The molecule has 0 fully saturated rings. The zero-order valence-electron chi connectivity index (χ0n) is 17.2. The van der Waals surface area contributed by atoms with Gasteiger partial charge in [-0.15, -0.1) is 0 Å². The quantitative estimate of drug-likeness (QED) is 0.441. The Labute approximate surface area is 170 Å². The van der Waals surface area contributed by atoms with Gasteiger partial charge in [-0.05, 0) is 19.1 Å². The summed E-state index contributed by atoms with van der Waals surface area (Å²) in [5.74, 6) is 3.28. The summed E-state index contributed by atoms with van der Waals surface area (Å²) in [6, 6.07) is 13.7. The van der Waals surface area contributed by atoms with E-state index in [1.807, 2.05) is 43.3 Å². The van der Waals surface area contributed by atoms with Gasteiger partial charge in [0.25, 0.3) is 0 Å². The van der Waals surface area contributed by atoms with Crippen LogP contribution in [0.4, 0.5) is 5.69 Å². The largest absolute Gasteiger partial charge is 0.493 e. The van der Waals surface area contributed by atoms with E-state index in [2.05, 4.69) is 21.7 Å². The van der Waals surface area contributed by atoms with Crippen molar-refractivity contribution in [2.45, 2.75) is 13.3 Å². The van der Waals surface area contributed by atoms with E-state index < -0.39 is 0 Å². The number of methoxy groups -OCH3 is 3. The predicted octanol–water partition coefficient (Wildman–Crippen LogP) is 4.08. The average molecular weight is 397 g/mol. The van der Waals surface area contributed by atoms with Crippen LogP contribution in [0.15, 0.2) is 51.9 Å². The number of aliphatic imine (C=N–C) groups is 1. The Kier molecular flexibility index (Phi) is 6.84. The van der Waals surface area contributed by atoms with Gasteiger partial charge in [-0.1, -0.05) is 18.2 Å². The van der Waals surface area contributed by atoms with Gasteiger partial charge < -0.3 is 29.3 Å². The molecule has 7 heteroatoms. The van der Waals surface area contributed by atoms with E-state index in [0.717, 1.165) is 29.0 Å². The van der Waals surface area contributed by atoms with Gasteiger partial charge in [0.2, 0.25) is 5.75 Å². The van der Waals surface area contributed by atoms with Crippen molar-refractivity contribution in [3.05, 3.63) is 48.2 Å². The summed E-state index contributed by atoms with van der Waals surface area (Å²) in [7, 11) is 4.76. The first kappa shape index (κ1) is 20.4. The van der Waals surface area contributed by atoms with Crippen molar-refractivity contribution in [2.24, 2.45) is 4.99 Å². The molecule has 7 nitrogen and oxygen atoms in total. The molecule has 0 saturated carbocycles. The number of para-hydroxylation sites is 1. The molecule has 0 saturated heterocycles. The molecule has 154 valence electrons. The molecule has 0 amide bonds. The summed E-state index contributed by atoms with van der Waals surface area (Å²) in [6.07, 6.45) is 0.709.